The molecule has 3 rings (SSSR count). The summed E-state index contributed by atoms with van der Waals surface area (Å²) in [5, 5.41) is 1.86. The number of rotatable bonds is 2. The van der Waals surface area contributed by atoms with Gasteiger partial charge in [-0.05, 0) is 49.9 Å². The first kappa shape index (κ1) is 12.5. The third-order valence-corrected chi connectivity index (χ3v) is 4.00. The predicted octanol–water partition coefficient (Wildman–Crippen LogP) is 3.49. The number of ether oxygens (including phenoxy) is 1. The molecule has 1 aromatic carbocycles. The Kier molecular flexibility index (Phi) is 3.23. The highest BCUT2D eigenvalue weighted by Crippen LogP contribution is 2.33. The van der Waals surface area contributed by atoms with E-state index in [-0.39, 0.29) is 11.9 Å². The van der Waals surface area contributed by atoms with Gasteiger partial charge < -0.3 is 9.72 Å². The molecule has 1 aliphatic carbocycles. The smallest absolute Gasteiger partial charge is 0.309 e. The first-order chi connectivity index (χ1) is 9.19. The molecule has 0 fully saturated rings. The Balaban J connectivity index is 1.97. The fourth-order valence-corrected chi connectivity index (χ4v) is 3.02. The highest BCUT2D eigenvalue weighted by atomic mass is 35.5. The molecule has 0 saturated carbocycles. The standard InChI is InChI=1S/C15H16ClNO2/c1-2-19-15(18)9-3-5-13-11(7-9)12-8-10(16)4-6-14(12)17-13/h4,6,8-9,17H,2-3,5,7H2,1H3/t9-/m0/s1. The second kappa shape index (κ2) is 4.89. The maximum Gasteiger partial charge on any atom is 0.309 e. The summed E-state index contributed by atoms with van der Waals surface area (Å²) in [6.45, 7) is 2.29. The largest absolute Gasteiger partial charge is 0.466 e. The van der Waals surface area contributed by atoms with E-state index in [1.54, 1.807) is 0 Å². The fraction of sp³-hybridized carbons (Fsp3) is 0.400. The van der Waals surface area contributed by atoms with Crippen molar-refractivity contribution < 1.29 is 9.53 Å². The number of hydrogen-bond acceptors (Lipinski definition) is 2. The second-order valence-electron chi connectivity index (χ2n) is 4.96. The monoisotopic (exact) mass is 277 g/mol. The van der Waals surface area contributed by atoms with Crippen molar-refractivity contribution in [3.8, 4) is 0 Å². The van der Waals surface area contributed by atoms with Crippen molar-refractivity contribution >= 4 is 28.5 Å². The highest BCUT2D eigenvalue weighted by Gasteiger charge is 2.28. The van der Waals surface area contributed by atoms with E-state index in [0.717, 1.165) is 35.2 Å². The lowest BCUT2D eigenvalue weighted by molar-refractivity contribution is -0.148. The Hall–Kier alpha value is -1.48. The molecule has 0 bridgehead atoms. The van der Waals surface area contributed by atoms with Crippen LogP contribution < -0.4 is 0 Å². The number of benzene rings is 1. The van der Waals surface area contributed by atoms with Crippen LogP contribution in [0.5, 0.6) is 0 Å². The van der Waals surface area contributed by atoms with Crippen LogP contribution in [0, 0.1) is 5.92 Å². The minimum atomic E-state index is -0.0791. The molecule has 1 N–H and O–H groups in total. The molecule has 0 radical (unpaired) electrons. The third-order valence-electron chi connectivity index (χ3n) is 3.77. The number of halogens is 1. The van der Waals surface area contributed by atoms with Gasteiger partial charge in [-0.15, -0.1) is 0 Å². The van der Waals surface area contributed by atoms with Crippen LogP contribution in [0.2, 0.25) is 5.02 Å². The summed E-state index contributed by atoms with van der Waals surface area (Å²) >= 11 is 6.06. The molecule has 1 atom stereocenters. The van der Waals surface area contributed by atoms with Crippen LogP contribution in [0.1, 0.15) is 24.6 Å². The Labute approximate surface area is 116 Å². The van der Waals surface area contributed by atoms with E-state index in [9.17, 15) is 4.79 Å². The minimum Gasteiger partial charge on any atom is -0.466 e. The van der Waals surface area contributed by atoms with Crippen LogP contribution >= 0.6 is 11.6 Å². The van der Waals surface area contributed by atoms with Crippen molar-refractivity contribution in [3.05, 3.63) is 34.5 Å². The van der Waals surface area contributed by atoms with Gasteiger partial charge >= 0.3 is 5.97 Å². The number of carbonyl (C=O) groups excluding carboxylic acids is 1. The summed E-state index contributed by atoms with van der Waals surface area (Å²) < 4.78 is 5.13. The number of nitrogens with one attached hydrogen (secondary N) is 1. The zero-order chi connectivity index (χ0) is 13.4. The van der Waals surface area contributed by atoms with Crippen LogP contribution in [0.4, 0.5) is 0 Å². The van der Waals surface area contributed by atoms with Crippen molar-refractivity contribution in [1.29, 1.82) is 0 Å². The molecular formula is C15H16ClNO2. The Morgan fingerprint density at radius 3 is 3.16 bits per heavy atom. The number of aromatic amines is 1. The first-order valence-electron chi connectivity index (χ1n) is 6.64. The molecule has 0 amide bonds. The molecule has 1 aromatic heterocycles. The summed E-state index contributed by atoms with van der Waals surface area (Å²) in [6.07, 6.45) is 2.49. The minimum absolute atomic E-state index is 0.0227. The van der Waals surface area contributed by atoms with E-state index in [0.29, 0.717) is 6.61 Å². The number of fused-ring (bicyclic) bond motifs is 3. The van der Waals surface area contributed by atoms with Crippen LogP contribution in [0.3, 0.4) is 0 Å². The number of H-pyrrole nitrogens is 1. The maximum absolute atomic E-state index is 11.9. The Morgan fingerprint density at radius 2 is 2.37 bits per heavy atom. The highest BCUT2D eigenvalue weighted by molar-refractivity contribution is 6.31. The van der Waals surface area contributed by atoms with E-state index >= 15 is 0 Å². The molecular weight excluding hydrogens is 262 g/mol. The Bertz CT molecular complexity index is 632. The quantitative estimate of drug-likeness (QED) is 0.854. The number of hydrogen-bond donors (Lipinski definition) is 1. The van der Waals surface area contributed by atoms with Crippen molar-refractivity contribution in [2.24, 2.45) is 5.92 Å². The zero-order valence-electron chi connectivity index (χ0n) is 10.8. The van der Waals surface area contributed by atoms with Gasteiger partial charge in [-0.25, -0.2) is 0 Å². The molecule has 0 saturated heterocycles. The molecule has 1 heterocycles. The lowest BCUT2D eigenvalue weighted by Gasteiger charge is -2.20. The summed E-state index contributed by atoms with van der Waals surface area (Å²) in [7, 11) is 0. The van der Waals surface area contributed by atoms with E-state index in [4.69, 9.17) is 16.3 Å². The van der Waals surface area contributed by atoms with Crippen molar-refractivity contribution in [2.45, 2.75) is 26.2 Å². The van der Waals surface area contributed by atoms with E-state index < -0.39 is 0 Å². The number of carbonyl (C=O) groups is 1. The van der Waals surface area contributed by atoms with Crippen LogP contribution in [-0.4, -0.2) is 17.6 Å². The molecule has 0 aliphatic heterocycles. The molecule has 0 spiro atoms. The number of aromatic nitrogens is 1. The average molecular weight is 278 g/mol. The van der Waals surface area contributed by atoms with E-state index in [1.165, 1.54) is 11.3 Å². The van der Waals surface area contributed by atoms with Crippen LogP contribution in [0.25, 0.3) is 10.9 Å². The Morgan fingerprint density at radius 1 is 1.53 bits per heavy atom. The zero-order valence-corrected chi connectivity index (χ0v) is 11.6. The van der Waals surface area contributed by atoms with Gasteiger partial charge in [0.1, 0.15) is 0 Å². The maximum atomic E-state index is 11.9. The topological polar surface area (TPSA) is 42.1 Å². The molecule has 2 aromatic rings. The van der Waals surface area contributed by atoms with Crippen LogP contribution in [0.15, 0.2) is 18.2 Å². The molecule has 0 unspecified atom stereocenters. The number of aryl methyl sites for hydroxylation is 1. The summed E-state index contributed by atoms with van der Waals surface area (Å²) in [5.41, 5.74) is 3.55. The summed E-state index contributed by atoms with van der Waals surface area (Å²) in [6, 6.07) is 5.85. The molecule has 1 aliphatic rings. The SMILES string of the molecule is CCOC(=O)[C@H]1CCc2[nH]c3ccc(Cl)cc3c2C1. The molecule has 3 nitrogen and oxygen atoms in total. The van der Waals surface area contributed by atoms with Gasteiger partial charge in [-0.1, -0.05) is 11.6 Å². The lowest BCUT2D eigenvalue weighted by atomic mass is 9.86. The average Bonchev–Trinajstić information content (AvgIpc) is 2.76. The molecule has 4 heteroatoms. The number of esters is 1. The predicted molar refractivity (Wildman–Crippen MR) is 75.5 cm³/mol. The molecule has 19 heavy (non-hydrogen) atoms. The van der Waals surface area contributed by atoms with E-state index in [1.807, 2.05) is 25.1 Å². The van der Waals surface area contributed by atoms with Gasteiger partial charge in [0.05, 0.1) is 12.5 Å². The van der Waals surface area contributed by atoms with Gasteiger partial charge in [-0.2, -0.15) is 0 Å². The normalized spacial score (nSPS) is 18.3. The molecule has 100 valence electrons. The summed E-state index contributed by atoms with van der Waals surface area (Å²) in [4.78, 5) is 15.3. The third kappa shape index (κ3) is 2.23. The van der Waals surface area contributed by atoms with E-state index in [2.05, 4.69) is 4.98 Å². The van der Waals surface area contributed by atoms with Crippen molar-refractivity contribution in [3.63, 3.8) is 0 Å². The van der Waals surface area contributed by atoms with Crippen LogP contribution in [-0.2, 0) is 22.4 Å². The van der Waals surface area contributed by atoms with Gasteiger partial charge in [0.2, 0.25) is 0 Å². The van der Waals surface area contributed by atoms with Gasteiger partial charge in [0.15, 0.2) is 0 Å². The fourth-order valence-electron chi connectivity index (χ4n) is 2.85. The van der Waals surface area contributed by atoms with Gasteiger partial charge in [0.25, 0.3) is 0 Å². The van der Waals surface area contributed by atoms with Gasteiger partial charge in [0, 0.05) is 21.6 Å². The lowest BCUT2D eigenvalue weighted by Crippen LogP contribution is -2.24. The second-order valence-corrected chi connectivity index (χ2v) is 5.40. The van der Waals surface area contributed by atoms with Crippen molar-refractivity contribution in [2.75, 3.05) is 6.61 Å². The van der Waals surface area contributed by atoms with Crippen molar-refractivity contribution in [1.82, 2.24) is 4.98 Å². The van der Waals surface area contributed by atoms with Gasteiger partial charge in [-0.3, -0.25) is 4.79 Å². The first-order valence-corrected chi connectivity index (χ1v) is 7.02. The summed E-state index contributed by atoms with van der Waals surface area (Å²) in [5.74, 6) is -0.102.